The third-order valence-electron chi connectivity index (χ3n) is 4.41. The summed E-state index contributed by atoms with van der Waals surface area (Å²) in [6.07, 6.45) is 1.46. The van der Waals surface area contributed by atoms with Crippen molar-refractivity contribution >= 4 is 5.91 Å². The van der Waals surface area contributed by atoms with E-state index in [4.69, 9.17) is 0 Å². The predicted octanol–water partition coefficient (Wildman–Crippen LogP) is 2.38. The number of hydrogen-bond acceptors (Lipinski definition) is 2. The van der Waals surface area contributed by atoms with Gasteiger partial charge in [-0.2, -0.15) is 0 Å². The predicted molar refractivity (Wildman–Crippen MR) is 75.8 cm³/mol. The largest absolute Gasteiger partial charge is 0.388 e. The van der Waals surface area contributed by atoms with E-state index in [9.17, 15) is 14.3 Å². The maximum atomic E-state index is 13.3. The van der Waals surface area contributed by atoms with Crippen molar-refractivity contribution in [3.63, 3.8) is 0 Å². The number of carbonyl (C=O) groups is 1. The lowest BCUT2D eigenvalue weighted by molar-refractivity contribution is -0.125. The number of benzene rings is 1. The topological polar surface area (TPSA) is 49.3 Å². The fourth-order valence-electron chi connectivity index (χ4n) is 2.19. The van der Waals surface area contributed by atoms with Crippen molar-refractivity contribution in [2.45, 2.75) is 44.6 Å². The van der Waals surface area contributed by atoms with Gasteiger partial charge in [0.15, 0.2) is 0 Å². The monoisotopic (exact) mass is 279 g/mol. The van der Waals surface area contributed by atoms with Crippen molar-refractivity contribution in [3.8, 4) is 0 Å². The van der Waals surface area contributed by atoms with Crippen molar-refractivity contribution in [3.05, 3.63) is 35.6 Å². The maximum absolute atomic E-state index is 13.3. The van der Waals surface area contributed by atoms with Gasteiger partial charge >= 0.3 is 0 Å². The summed E-state index contributed by atoms with van der Waals surface area (Å²) in [6, 6.07) is 6.22. The van der Waals surface area contributed by atoms with E-state index < -0.39 is 11.0 Å². The first-order valence-corrected chi connectivity index (χ1v) is 7.05. The molecule has 1 aliphatic carbocycles. The number of aliphatic hydroxyl groups is 1. The second-order valence-corrected chi connectivity index (χ2v) is 6.29. The molecule has 0 saturated heterocycles. The van der Waals surface area contributed by atoms with Crippen molar-refractivity contribution in [2.24, 2.45) is 5.92 Å². The summed E-state index contributed by atoms with van der Waals surface area (Å²) in [4.78, 5) is 12.4. The van der Waals surface area contributed by atoms with Gasteiger partial charge in [0.05, 0.1) is 11.0 Å². The molecular weight excluding hydrogens is 257 g/mol. The lowest BCUT2D eigenvalue weighted by Gasteiger charge is -2.29. The molecule has 1 amide bonds. The molecule has 1 aromatic carbocycles. The molecular formula is C16H22FNO2. The molecule has 1 aliphatic rings. The number of rotatable bonds is 5. The van der Waals surface area contributed by atoms with E-state index in [1.165, 1.54) is 12.1 Å². The van der Waals surface area contributed by atoms with E-state index in [-0.39, 0.29) is 24.2 Å². The van der Waals surface area contributed by atoms with Gasteiger partial charge in [0, 0.05) is 6.54 Å². The summed E-state index contributed by atoms with van der Waals surface area (Å²) >= 11 is 0. The molecule has 3 nitrogen and oxygen atoms in total. The maximum Gasteiger partial charge on any atom is 0.230 e. The SMILES string of the molecule is CC(C)C(C)(O)CNC(=O)C1(c2cccc(F)c2)CC1. The first-order valence-electron chi connectivity index (χ1n) is 7.05. The first-order chi connectivity index (χ1) is 9.28. The Hall–Kier alpha value is -1.42. The third-order valence-corrected chi connectivity index (χ3v) is 4.41. The minimum absolute atomic E-state index is 0.0483. The highest BCUT2D eigenvalue weighted by Crippen LogP contribution is 2.48. The van der Waals surface area contributed by atoms with Gasteiger partial charge in [-0.3, -0.25) is 4.79 Å². The minimum atomic E-state index is -0.937. The Morgan fingerprint density at radius 1 is 1.50 bits per heavy atom. The number of carbonyl (C=O) groups excluding carboxylic acids is 1. The number of nitrogens with one attached hydrogen (secondary N) is 1. The Morgan fingerprint density at radius 3 is 2.65 bits per heavy atom. The molecule has 1 aromatic rings. The molecule has 0 aliphatic heterocycles. The van der Waals surface area contributed by atoms with Crippen LogP contribution in [0.4, 0.5) is 4.39 Å². The molecule has 0 spiro atoms. The third kappa shape index (κ3) is 2.85. The second kappa shape index (κ2) is 5.17. The highest BCUT2D eigenvalue weighted by Gasteiger charge is 2.51. The van der Waals surface area contributed by atoms with Crippen LogP contribution in [0.1, 0.15) is 39.2 Å². The van der Waals surface area contributed by atoms with Crippen molar-refractivity contribution in [1.82, 2.24) is 5.32 Å². The van der Waals surface area contributed by atoms with E-state index in [1.54, 1.807) is 19.1 Å². The van der Waals surface area contributed by atoms with Crippen molar-refractivity contribution < 1.29 is 14.3 Å². The highest BCUT2D eigenvalue weighted by molar-refractivity contribution is 5.91. The molecule has 0 radical (unpaired) electrons. The molecule has 0 heterocycles. The molecule has 4 heteroatoms. The standard InChI is InChI=1S/C16H22FNO2/c1-11(2)15(3,20)10-18-14(19)16(7-8-16)12-5-4-6-13(17)9-12/h4-6,9,11,20H,7-8,10H2,1-3H3,(H,18,19). The van der Waals surface area contributed by atoms with Crippen molar-refractivity contribution in [1.29, 1.82) is 0 Å². The van der Waals surface area contributed by atoms with Gasteiger partial charge in [0.2, 0.25) is 5.91 Å². The Balaban J connectivity index is 2.06. The van der Waals surface area contributed by atoms with Crippen LogP contribution in [0.15, 0.2) is 24.3 Å². The zero-order valence-corrected chi connectivity index (χ0v) is 12.2. The van der Waals surface area contributed by atoms with Gasteiger partial charge in [0.25, 0.3) is 0 Å². The van der Waals surface area contributed by atoms with Gasteiger partial charge in [-0.1, -0.05) is 26.0 Å². The summed E-state index contributed by atoms with van der Waals surface area (Å²) in [6.45, 7) is 5.73. The number of hydrogen-bond donors (Lipinski definition) is 2. The summed E-state index contributed by atoms with van der Waals surface area (Å²) in [7, 11) is 0. The molecule has 0 aromatic heterocycles. The average molecular weight is 279 g/mol. The Bertz CT molecular complexity index is 507. The summed E-state index contributed by atoms with van der Waals surface area (Å²) in [5.41, 5.74) is -0.817. The van der Waals surface area contributed by atoms with Crippen LogP contribution in [0.3, 0.4) is 0 Å². The lowest BCUT2D eigenvalue weighted by Crippen LogP contribution is -2.47. The van der Waals surface area contributed by atoms with Crippen LogP contribution in [0.2, 0.25) is 0 Å². The van der Waals surface area contributed by atoms with Crippen LogP contribution in [0.5, 0.6) is 0 Å². The molecule has 1 saturated carbocycles. The Labute approximate surface area is 119 Å². The van der Waals surface area contributed by atoms with Gasteiger partial charge in [-0.05, 0) is 43.4 Å². The zero-order valence-electron chi connectivity index (χ0n) is 12.2. The van der Waals surface area contributed by atoms with Gasteiger partial charge in [-0.15, -0.1) is 0 Å². The van der Waals surface area contributed by atoms with E-state index in [0.717, 1.165) is 18.4 Å². The fourth-order valence-corrected chi connectivity index (χ4v) is 2.19. The quantitative estimate of drug-likeness (QED) is 0.869. The highest BCUT2D eigenvalue weighted by atomic mass is 19.1. The van der Waals surface area contributed by atoms with Crippen LogP contribution in [-0.4, -0.2) is 23.2 Å². The van der Waals surface area contributed by atoms with Crippen molar-refractivity contribution in [2.75, 3.05) is 6.54 Å². The summed E-state index contributed by atoms with van der Waals surface area (Å²) in [5.74, 6) is -0.396. The van der Waals surface area contributed by atoms with Crippen LogP contribution < -0.4 is 5.32 Å². The molecule has 1 unspecified atom stereocenters. The second-order valence-electron chi connectivity index (χ2n) is 6.29. The molecule has 110 valence electrons. The molecule has 1 fully saturated rings. The smallest absolute Gasteiger partial charge is 0.230 e. The zero-order chi connectivity index (χ0) is 15.0. The molecule has 20 heavy (non-hydrogen) atoms. The lowest BCUT2D eigenvalue weighted by atomic mass is 9.91. The van der Waals surface area contributed by atoms with E-state index in [1.807, 2.05) is 13.8 Å². The van der Waals surface area contributed by atoms with Crippen LogP contribution >= 0.6 is 0 Å². The average Bonchev–Trinajstić information content (AvgIpc) is 3.17. The van der Waals surface area contributed by atoms with Gasteiger partial charge in [-0.25, -0.2) is 4.39 Å². The van der Waals surface area contributed by atoms with Gasteiger partial charge in [0.1, 0.15) is 5.82 Å². The Morgan fingerprint density at radius 2 is 2.15 bits per heavy atom. The first kappa shape index (κ1) is 15.0. The number of halogens is 1. The summed E-state index contributed by atoms with van der Waals surface area (Å²) in [5, 5.41) is 13.0. The summed E-state index contributed by atoms with van der Waals surface area (Å²) < 4.78 is 13.3. The molecule has 1 atom stereocenters. The van der Waals surface area contributed by atoms with E-state index in [0.29, 0.717) is 0 Å². The van der Waals surface area contributed by atoms with E-state index in [2.05, 4.69) is 5.32 Å². The molecule has 2 rings (SSSR count). The normalized spacial score (nSPS) is 19.5. The van der Waals surface area contributed by atoms with Crippen LogP contribution in [0.25, 0.3) is 0 Å². The van der Waals surface area contributed by atoms with Crippen LogP contribution in [0, 0.1) is 11.7 Å². The van der Waals surface area contributed by atoms with Gasteiger partial charge < -0.3 is 10.4 Å². The Kier molecular flexibility index (Phi) is 3.87. The minimum Gasteiger partial charge on any atom is -0.388 e. The fraction of sp³-hybridized carbons (Fsp3) is 0.562. The molecule has 0 bridgehead atoms. The number of amides is 1. The molecule has 2 N–H and O–H groups in total. The van der Waals surface area contributed by atoms with Crippen LogP contribution in [-0.2, 0) is 10.2 Å². The van der Waals surface area contributed by atoms with E-state index >= 15 is 0 Å².